The molecule has 0 unspecified atom stereocenters. The zero-order chi connectivity index (χ0) is 21.7. The van der Waals surface area contributed by atoms with Crippen LogP contribution in [-0.4, -0.2) is 39.5 Å². The van der Waals surface area contributed by atoms with Crippen molar-refractivity contribution >= 4 is 63.2 Å². The van der Waals surface area contributed by atoms with Gasteiger partial charge in [0.1, 0.15) is 5.00 Å². The number of allylic oxidation sites excluding steroid dienone is 1. The molecule has 3 rings (SSSR count). The monoisotopic (exact) mass is 482 g/mol. The molecule has 1 N–H and O–H groups in total. The maximum atomic E-state index is 12.4. The number of aromatic nitrogens is 3. The number of esters is 1. The lowest BCUT2D eigenvalue weighted by molar-refractivity contribution is -0.113. The normalized spacial score (nSPS) is 10.6. The van der Waals surface area contributed by atoms with Gasteiger partial charge in [-0.25, -0.2) is 4.79 Å². The van der Waals surface area contributed by atoms with Crippen LogP contribution in [0.15, 0.2) is 47.5 Å². The van der Waals surface area contributed by atoms with E-state index in [0.717, 1.165) is 5.56 Å². The van der Waals surface area contributed by atoms with Crippen LogP contribution in [-0.2, 0) is 16.1 Å². The van der Waals surface area contributed by atoms with Gasteiger partial charge in [-0.1, -0.05) is 41.0 Å². The van der Waals surface area contributed by atoms with E-state index in [9.17, 15) is 9.59 Å². The topological polar surface area (TPSA) is 86.1 Å². The van der Waals surface area contributed by atoms with Crippen molar-refractivity contribution in [2.45, 2.75) is 11.7 Å². The van der Waals surface area contributed by atoms with Crippen LogP contribution in [0.1, 0.15) is 10.4 Å². The molecule has 0 spiro atoms. The van der Waals surface area contributed by atoms with Crippen LogP contribution in [0, 0.1) is 0 Å². The summed E-state index contributed by atoms with van der Waals surface area (Å²) in [6.07, 6.45) is 1.71. The van der Waals surface area contributed by atoms with E-state index in [1.807, 2.05) is 4.57 Å². The first-order valence-electron chi connectivity index (χ1n) is 8.52. The molecule has 30 heavy (non-hydrogen) atoms. The average molecular weight is 483 g/mol. The summed E-state index contributed by atoms with van der Waals surface area (Å²) in [5.41, 5.74) is 1.06. The number of amides is 1. The summed E-state index contributed by atoms with van der Waals surface area (Å²) in [5, 5.41) is 14.7. The van der Waals surface area contributed by atoms with Crippen molar-refractivity contribution < 1.29 is 14.3 Å². The molecule has 1 amide bonds. The van der Waals surface area contributed by atoms with E-state index in [1.54, 1.807) is 35.7 Å². The molecule has 0 aliphatic rings. The fourth-order valence-electron chi connectivity index (χ4n) is 2.51. The number of carbonyl (C=O) groups is 2. The first kappa shape index (κ1) is 22.4. The standard InChI is InChI=1S/C19H16Cl2N4O3S2/c1-3-7-25-16(11-4-5-13(20)14(21)9-11)23-24-19(25)30-10-15(26)22-17-12(6-8-29-17)18(27)28-2/h3-6,8-9H,1,7,10H2,2H3,(H,22,26). The second kappa shape index (κ2) is 10.1. The van der Waals surface area contributed by atoms with E-state index in [-0.39, 0.29) is 11.7 Å². The van der Waals surface area contributed by atoms with Gasteiger partial charge in [0.25, 0.3) is 0 Å². The van der Waals surface area contributed by atoms with Crippen molar-refractivity contribution in [2.75, 3.05) is 18.2 Å². The molecule has 0 saturated carbocycles. The predicted molar refractivity (Wildman–Crippen MR) is 121 cm³/mol. The van der Waals surface area contributed by atoms with Crippen LogP contribution in [0.2, 0.25) is 10.0 Å². The fourth-order valence-corrected chi connectivity index (χ4v) is 4.34. The van der Waals surface area contributed by atoms with E-state index >= 15 is 0 Å². The number of rotatable bonds is 8. The number of nitrogens with one attached hydrogen (secondary N) is 1. The quantitative estimate of drug-likeness (QED) is 0.275. The molecule has 0 atom stereocenters. The molecule has 0 aliphatic carbocycles. The average Bonchev–Trinajstić information content (AvgIpc) is 3.35. The summed E-state index contributed by atoms with van der Waals surface area (Å²) in [5.74, 6) is -0.120. The van der Waals surface area contributed by atoms with Crippen LogP contribution in [0.5, 0.6) is 0 Å². The lowest BCUT2D eigenvalue weighted by atomic mass is 10.2. The van der Waals surface area contributed by atoms with Crippen LogP contribution < -0.4 is 5.32 Å². The molecule has 11 heteroatoms. The summed E-state index contributed by atoms with van der Waals surface area (Å²) in [7, 11) is 1.29. The molecule has 156 valence electrons. The van der Waals surface area contributed by atoms with Gasteiger partial charge in [-0.3, -0.25) is 9.36 Å². The van der Waals surface area contributed by atoms with Gasteiger partial charge in [-0.05, 0) is 29.6 Å². The van der Waals surface area contributed by atoms with Gasteiger partial charge in [0, 0.05) is 12.1 Å². The number of anilines is 1. The maximum absolute atomic E-state index is 12.4. The molecular formula is C19H16Cl2N4O3S2. The van der Waals surface area contributed by atoms with Gasteiger partial charge in [0.15, 0.2) is 11.0 Å². The van der Waals surface area contributed by atoms with Crippen molar-refractivity contribution in [1.29, 1.82) is 0 Å². The third-order valence-corrected chi connectivity index (χ3v) is 6.40. The Hall–Kier alpha value is -2.33. The lowest BCUT2D eigenvalue weighted by Gasteiger charge is -2.09. The highest BCUT2D eigenvalue weighted by atomic mass is 35.5. The molecule has 1 aromatic carbocycles. The van der Waals surface area contributed by atoms with Gasteiger partial charge in [-0.2, -0.15) is 0 Å². The summed E-state index contributed by atoms with van der Waals surface area (Å²) < 4.78 is 6.54. The Morgan fingerprint density at radius 1 is 1.30 bits per heavy atom. The highest BCUT2D eigenvalue weighted by Gasteiger charge is 2.18. The molecule has 0 bridgehead atoms. The summed E-state index contributed by atoms with van der Waals surface area (Å²) in [4.78, 5) is 24.1. The van der Waals surface area contributed by atoms with Crippen molar-refractivity contribution in [2.24, 2.45) is 0 Å². The number of thiophene rings is 1. The smallest absolute Gasteiger partial charge is 0.340 e. The van der Waals surface area contributed by atoms with Gasteiger partial charge < -0.3 is 10.1 Å². The van der Waals surface area contributed by atoms with Crippen molar-refractivity contribution in [3.05, 3.63) is 57.9 Å². The SMILES string of the molecule is C=CCn1c(SCC(=O)Nc2sccc2C(=O)OC)nnc1-c1ccc(Cl)c(Cl)c1. The number of halogens is 2. The molecule has 3 aromatic rings. The molecule has 0 saturated heterocycles. The molecule has 2 heterocycles. The van der Waals surface area contributed by atoms with Crippen molar-refractivity contribution in [3.8, 4) is 11.4 Å². The Bertz CT molecular complexity index is 1100. The maximum Gasteiger partial charge on any atom is 0.340 e. The molecule has 0 radical (unpaired) electrons. The third kappa shape index (κ3) is 5.04. The minimum atomic E-state index is -0.504. The highest BCUT2D eigenvalue weighted by Crippen LogP contribution is 2.30. The number of ether oxygens (including phenoxy) is 1. The van der Waals surface area contributed by atoms with E-state index in [4.69, 9.17) is 27.9 Å². The zero-order valence-electron chi connectivity index (χ0n) is 15.7. The van der Waals surface area contributed by atoms with Crippen molar-refractivity contribution in [1.82, 2.24) is 14.8 Å². The minimum absolute atomic E-state index is 0.0785. The van der Waals surface area contributed by atoms with E-state index < -0.39 is 5.97 Å². The van der Waals surface area contributed by atoms with Gasteiger partial charge in [0.2, 0.25) is 5.91 Å². The number of nitrogens with zero attached hydrogens (tertiary/aromatic N) is 3. The third-order valence-electron chi connectivity index (χ3n) is 3.86. The molecule has 0 fully saturated rings. The van der Waals surface area contributed by atoms with E-state index in [0.29, 0.717) is 38.1 Å². The lowest BCUT2D eigenvalue weighted by Crippen LogP contribution is -2.16. The Morgan fingerprint density at radius 2 is 2.10 bits per heavy atom. The number of methoxy groups -OCH3 is 1. The first-order valence-corrected chi connectivity index (χ1v) is 11.1. The van der Waals surface area contributed by atoms with E-state index in [1.165, 1.54) is 30.2 Å². The van der Waals surface area contributed by atoms with Gasteiger partial charge in [-0.15, -0.1) is 28.1 Å². The van der Waals surface area contributed by atoms with Crippen LogP contribution in [0.3, 0.4) is 0 Å². The number of carbonyl (C=O) groups excluding carboxylic acids is 2. The van der Waals surface area contributed by atoms with Gasteiger partial charge in [0.05, 0.1) is 28.5 Å². The second-order valence-electron chi connectivity index (χ2n) is 5.83. The largest absolute Gasteiger partial charge is 0.465 e. The molecule has 2 aromatic heterocycles. The van der Waals surface area contributed by atoms with Crippen molar-refractivity contribution in [3.63, 3.8) is 0 Å². The number of hydrogen-bond donors (Lipinski definition) is 1. The predicted octanol–water partition coefficient (Wildman–Crippen LogP) is 5.02. The first-order chi connectivity index (χ1) is 14.4. The Balaban J connectivity index is 1.74. The van der Waals surface area contributed by atoms with Gasteiger partial charge >= 0.3 is 5.97 Å². The summed E-state index contributed by atoms with van der Waals surface area (Å²) in [6, 6.07) is 6.79. The summed E-state index contributed by atoms with van der Waals surface area (Å²) in [6.45, 7) is 4.22. The number of thioether (sulfide) groups is 1. The molecule has 0 aliphatic heterocycles. The Labute approximate surface area is 191 Å². The summed E-state index contributed by atoms with van der Waals surface area (Å²) >= 11 is 14.6. The highest BCUT2D eigenvalue weighted by molar-refractivity contribution is 7.99. The minimum Gasteiger partial charge on any atom is -0.465 e. The fraction of sp³-hybridized carbons (Fsp3) is 0.158. The van der Waals surface area contributed by atoms with Crippen LogP contribution in [0.4, 0.5) is 5.00 Å². The van der Waals surface area contributed by atoms with Crippen LogP contribution in [0.25, 0.3) is 11.4 Å². The second-order valence-corrected chi connectivity index (χ2v) is 8.50. The van der Waals surface area contributed by atoms with Crippen LogP contribution >= 0.6 is 46.3 Å². The number of hydrogen-bond acceptors (Lipinski definition) is 7. The molecular weight excluding hydrogens is 467 g/mol. The Kier molecular flexibility index (Phi) is 7.54. The zero-order valence-corrected chi connectivity index (χ0v) is 18.9. The van der Waals surface area contributed by atoms with E-state index in [2.05, 4.69) is 22.1 Å². The Morgan fingerprint density at radius 3 is 2.80 bits per heavy atom. The molecule has 7 nitrogen and oxygen atoms in total. The number of benzene rings is 1.